The van der Waals surface area contributed by atoms with Crippen LogP contribution in [0.1, 0.15) is 6.92 Å². The maximum Gasteiger partial charge on any atom is 0.265 e. The zero-order valence-electron chi connectivity index (χ0n) is 12.7. The Bertz CT molecular complexity index is 871. The van der Waals surface area contributed by atoms with Crippen LogP contribution in [0, 0.1) is 0 Å². The third-order valence-electron chi connectivity index (χ3n) is 3.29. The highest BCUT2D eigenvalue weighted by molar-refractivity contribution is 7.93. The molecule has 4 nitrogen and oxygen atoms in total. The molecule has 0 spiro atoms. The van der Waals surface area contributed by atoms with Crippen molar-refractivity contribution >= 4 is 62.1 Å². The fourth-order valence-electron chi connectivity index (χ4n) is 2.14. The van der Waals surface area contributed by atoms with Crippen LogP contribution in [0.15, 0.2) is 35.2 Å². The van der Waals surface area contributed by atoms with Crippen LogP contribution in [0.2, 0.25) is 20.1 Å². The van der Waals surface area contributed by atoms with Gasteiger partial charge < -0.3 is 4.74 Å². The number of sulfonamides is 1. The molecule has 0 unspecified atom stereocenters. The molecule has 0 aliphatic rings. The summed E-state index contributed by atoms with van der Waals surface area (Å²) in [5.41, 5.74) is 0.259. The van der Waals surface area contributed by atoms with Crippen molar-refractivity contribution in [1.82, 2.24) is 0 Å². The molecule has 0 aliphatic heterocycles. The number of ether oxygens (including phenoxy) is 1. The van der Waals surface area contributed by atoms with Crippen molar-refractivity contribution in [2.75, 3.05) is 18.0 Å². The van der Waals surface area contributed by atoms with Crippen molar-refractivity contribution in [3.63, 3.8) is 0 Å². The summed E-state index contributed by atoms with van der Waals surface area (Å²) in [4.78, 5) is -0.146. The lowest BCUT2D eigenvalue weighted by Gasteiger charge is -2.25. The fraction of sp³-hybridized carbons (Fsp3) is 0.200. The molecule has 0 N–H and O–H groups in total. The highest BCUT2D eigenvalue weighted by atomic mass is 35.5. The van der Waals surface area contributed by atoms with E-state index in [1.807, 2.05) is 0 Å². The molecule has 0 aromatic heterocycles. The first-order valence-corrected chi connectivity index (χ1v) is 9.69. The zero-order chi connectivity index (χ0) is 18.1. The summed E-state index contributed by atoms with van der Waals surface area (Å²) in [6.45, 7) is 1.80. The van der Waals surface area contributed by atoms with Gasteiger partial charge in [-0.3, -0.25) is 4.31 Å². The summed E-state index contributed by atoms with van der Waals surface area (Å²) in [7, 11) is -2.59. The van der Waals surface area contributed by atoms with E-state index < -0.39 is 10.0 Å². The van der Waals surface area contributed by atoms with E-state index >= 15 is 0 Å². The van der Waals surface area contributed by atoms with Crippen LogP contribution in [0.3, 0.4) is 0 Å². The number of nitrogens with zero attached hydrogens (tertiary/aromatic N) is 1. The molecule has 0 heterocycles. The lowest BCUT2D eigenvalue weighted by Crippen LogP contribution is -2.31. The van der Waals surface area contributed by atoms with E-state index in [1.165, 1.54) is 19.2 Å². The summed E-state index contributed by atoms with van der Waals surface area (Å²) < 4.78 is 32.2. The van der Waals surface area contributed by atoms with E-state index in [9.17, 15) is 8.42 Å². The smallest absolute Gasteiger partial charge is 0.265 e. The average molecular weight is 429 g/mol. The summed E-state index contributed by atoms with van der Waals surface area (Å²) in [5.74, 6) is 0.282. The van der Waals surface area contributed by atoms with E-state index in [2.05, 4.69) is 0 Å². The Morgan fingerprint density at radius 1 is 1.00 bits per heavy atom. The third kappa shape index (κ3) is 3.41. The molecule has 2 aromatic rings. The minimum absolute atomic E-state index is 0.0217. The van der Waals surface area contributed by atoms with Crippen molar-refractivity contribution in [2.24, 2.45) is 0 Å². The van der Waals surface area contributed by atoms with E-state index in [0.29, 0.717) is 0 Å². The largest absolute Gasteiger partial charge is 0.495 e. The Balaban J connectivity index is 2.64. The van der Waals surface area contributed by atoms with Gasteiger partial charge >= 0.3 is 0 Å². The summed E-state index contributed by atoms with van der Waals surface area (Å²) >= 11 is 24.4. The van der Waals surface area contributed by atoms with Crippen molar-refractivity contribution in [1.29, 1.82) is 0 Å². The third-order valence-corrected chi connectivity index (χ3v) is 7.00. The number of halogens is 4. The maximum absolute atomic E-state index is 13.0. The van der Waals surface area contributed by atoms with Crippen LogP contribution >= 0.6 is 46.4 Å². The number of methoxy groups -OCH3 is 1. The number of anilines is 1. The van der Waals surface area contributed by atoms with Gasteiger partial charge in [0.05, 0.1) is 27.9 Å². The molecule has 0 fully saturated rings. The van der Waals surface area contributed by atoms with Crippen molar-refractivity contribution < 1.29 is 13.2 Å². The van der Waals surface area contributed by atoms with E-state index in [4.69, 9.17) is 51.1 Å². The van der Waals surface area contributed by atoms with Crippen molar-refractivity contribution in [2.45, 2.75) is 11.8 Å². The second kappa shape index (κ2) is 7.58. The highest BCUT2D eigenvalue weighted by Crippen LogP contribution is 2.40. The number of hydrogen-bond acceptors (Lipinski definition) is 3. The summed E-state index contributed by atoms with van der Waals surface area (Å²) in [6.07, 6.45) is 0. The van der Waals surface area contributed by atoms with Crippen molar-refractivity contribution in [3.05, 3.63) is 50.4 Å². The minimum Gasteiger partial charge on any atom is -0.495 e. The molecule has 0 bridgehead atoms. The molecule has 0 atom stereocenters. The van der Waals surface area contributed by atoms with Gasteiger partial charge in [-0.1, -0.05) is 52.5 Å². The van der Waals surface area contributed by atoms with E-state index in [-0.39, 0.29) is 43.0 Å². The molecule has 130 valence electrons. The number of hydrogen-bond donors (Lipinski definition) is 0. The minimum atomic E-state index is -4.00. The fourth-order valence-corrected chi connectivity index (χ4v) is 4.90. The Hall–Kier alpha value is -0.850. The second-order valence-corrected chi connectivity index (χ2v) is 8.01. The Labute approximate surface area is 160 Å². The van der Waals surface area contributed by atoms with Gasteiger partial charge in [0.25, 0.3) is 10.0 Å². The van der Waals surface area contributed by atoms with Gasteiger partial charge in [0, 0.05) is 6.54 Å². The molecule has 24 heavy (non-hydrogen) atoms. The molecule has 0 aliphatic carbocycles. The lowest BCUT2D eigenvalue weighted by molar-refractivity contribution is 0.414. The predicted octanol–water partition coefficient (Wildman–Crippen LogP) is 5.52. The first kappa shape index (κ1) is 19.5. The summed E-state index contributed by atoms with van der Waals surface area (Å²) in [6, 6.07) is 7.53. The van der Waals surface area contributed by atoms with Gasteiger partial charge in [-0.15, -0.1) is 0 Å². The number of rotatable bonds is 5. The molecular weight excluding hydrogens is 416 g/mol. The second-order valence-electron chi connectivity index (χ2n) is 4.64. The maximum atomic E-state index is 13.0. The molecule has 0 saturated carbocycles. The predicted molar refractivity (Wildman–Crippen MR) is 99.7 cm³/mol. The first-order valence-electron chi connectivity index (χ1n) is 6.74. The van der Waals surface area contributed by atoms with Crippen LogP contribution in [-0.4, -0.2) is 22.1 Å². The molecule has 9 heteroatoms. The first-order chi connectivity index (χ1) is 11.3. The van der Waals surface area contributed by atoms with Gasteiger partial charge in [0.1, 0.15) is 15.7 Å². The zero-order valence-corrected chi connectivity index (χ0v) is 16.5. The van der Waals surface area contributed by atoms with Gasteiger partial charge in [-0.2, -0.15) is 0 Å². The molecule has 0 amide bonds. The Kier molecular flexibility index (Phi) is 6.15. The quantitative estimate of drug-likeness (QED) is 0.629. The van der Waals surface area contributed by atoms with Crippen LogP contribution in [-0.2, 0) is 10.0 Å². The SMILES string of the molecule is CCN(c1cccc(Cl)c1Cl)S(=O)(=O)c1ccc(OC)c(Cl)c1Cl. The van der Waals surface area contributed by atoms with Crippen LogP contribution in [0.4, 0.5) is 5.69 Å². The molecule has 2 rings (SSSR count). The van der Waals surface area contributed by atoms with E-state index in [0.717, 1.165) is 4.31 Å². The normalized spacial score (nSPS) is 11.4. The van der Waals surface area contributed by atoms with Gasteiger partial charge in [-0.25, -0.2) is 8.42 Å². The monoisotopic (exact) mass is 427 g/mol. The number of benzene rings is 2. The van der Waals surface area contributed by atoms with Gasteiger partial charge in [-0.05, 0) is 31.2 Å². The van der Waals surface area contributed by atoms with Crippen LogP contribution in [0.25, 0.3) is 0 Å². The topological polar surface area (TPSA) is 46.6 Å². The average Bonchev–Trinajstić information content (AvgIpc) is 2.54. The molecule has 0 radical (unpaired) electrons. The van der Waals surface area contributed by atoms with Crippen LogP contribution in [0.5, 0.6) is 5.75 Å². The van der Waals surface area contributed by atoms with Crippen LogP contribution < -0.4 is 9.04 Å². The van der Waals surface area contributed by atoms with Gasteiger partial charge in [0.2, 0.25) is 0 Å². The standard InChI is InChI=1S/C15H13Cl4NO3S/c1-3-20(10-6-4-5-9(16)13(10)17)24(21,22)12-8-7-11(23-2)14(18)15(12)19/h4-8H,3H2,1-2H3. The van der Waals surface area contributed by atoms with E-state index in [1.54, 1.807) is 25.1 Å². The Morgan fingerprint density at radius 2 is 1.67 bits per heavy atom. The van der Waals surface area contributed by atoms with Gasteiger partial charge in [0.15, 0.2) is 0 Å². The molecule has 0 saturated heterocycles. The Morgan fingerprint density at radius 3 is 2.25 bits per heavy atom. The molecule has 2 aromatic carbocycles. The lowest BCUT2D eigenvalue weighted by atomic mass is 10.3. The van der Waals surface area contributed by atoms with Crippen molar-refractivity contribution in [3.8, 4) is 5.75 Å². The summed E-state index contributed by atoms with van der Waals surface area (Å²) in [5, 5.41) is 0.295. The molecular formula is C15H13Cl4NO3S. The highest BCUT2D eigenvalue weighted by Gasteiger charge is 2.29.